The molecule has 2 amide bonds. The van der Waals surface area contributed by atoms with Crippen molar-refractivity contribution in [2.45, 2.75) is 38.4 Å². The number of rotatable bonds is 3. The quantitative estimate of drug-likeness (QED) is 0.892. The summed E-state index contributed by atoms with van der Waals surface area (Å²) in [6, 6.07) is 7.65. The highest BCUT2D eigenvalue weighted by molar-refractivity contribution is 5.94. The predicted octanol–water partition coefficient (Wildman–Crippen LogP) is 1.18. The number of carbonyl (C=O) groups excluding carboxylic acids is 2. The molecule has 0 unspecified atom stereocenters. The largest absolute Gasteiger partial charge is 0.364 e. The standard InChI is InChI=1S/C19H27N3O3/c1-14-4-2-5-15(12-14)18(23)21-8-3-9-22(11-10-21)19(24)17-7-6-16(13-20)25-17/h2,4-5,12,16-17H,3,6-11,13,20H2,1H3/t16-,17+/m1/s1. The van der Waals surface area contributed by atoms with Gasteiger partial charge in [0.25, 0.3) is 11.8 Å². The van der Waals surface area contributed by atoms with Gasteiger partial charge in [0, 0.05) is 38.3 Å². The van der Waals surface area contributed by atoms with Crippen LogP contribution >= 0.6 is 0 Å². The van der Waals surface area contributed by atoms with Crippen LogP contribution in [0.4, 0.5) is 0 Å². The van der Waals surface area contributed by atoms with Crippen molar-refractivity contribution >= 4 is 11.8 Å². The Kier molecular flexibility index (Phi) is 5.71. The molecule has 0 aliphatic carbocycles. The van der Waals surface area contributed by atoms with Crippen LogP contribution in [0.1, 0.15) is 35.2 Å². The fourth-order valence-corrected chi connectivity index (χ4v) is 3.57. The van der Waals surface area contributed by atoms with Crippen LogP contribution in [0.5, 0.6) is 0 Å². The molecule has 2 aliphatic rings. The summed E-state index contributed by atoms with van der Waals surface area (Å²) in [6.07, 6.45) is 2.01. The minimum absolute atomic E-state index is 0.000301. The highest BCUT2D eigenvalue weighted by Crippen LogP contribution is 2.21. The Bertz CT molecular complexity index is 634. The first-order valence-electron chi connectivity index (χ1n) is 9.08. The Morgan fingerprint density at radius 3 is 2.64 bits per heavy atom. The van der Waals surface area contributed by atoms with E-state index in [-0.39, 0.29) is 24.0 Å². The second kappa shape index (κ2) is 7.97. The third-order valence-corrected chi connectivity index (χ3v) is 5.01. The molecular weight excluding hydrogens is 318 g/mol. The minimum Gasteiger partial charge on any atom is -0.364 e. The summed E-state index contributed by atoms with van der Waals surface area (Å²) in [4.78, 5) is 29.1. The molecule has 6 nitrogen and oxygen atoms in total. The third-order valence-electron chi connectivity index (χ3n) is 5.01. The van der Waals surface area contributed by atoms with Gasteiger partial charge in [-0.05, 0) is 38.3 Å². The smallest absolute Gasteiger partial charge is 0.253 e. The summed E-state index contributed by atoms with van der Waals surface area (Å²) in [5, 5.41) is 0. The molecule has 3 rings (SSSR count). The number of ether oxygens (including phenoxy) is 1. The van der Waals surface area contributed by atoms with Crippen LogP contribution in [0, 0.1) is 6.92 Å². The summed E-state index contributed by atoms with van der Waals surface area (Å²) in [5.74, 6) is 0.0825. The molecule has 0 saturated carbocycles. The summed E-state index contributed by atoms with van der Waals surface area (Å²) in [5.41, 5.74) is 7.41. The maximum atomic E-state index is 12.7. The van der Waals surface area contributed by atoms with Crippen molar-refractivity contribution in [3.05, 3.63) is 35.4 Å². The lowest BCUT2D eigenvalue weighted by Gasteiger charge is -2.24. The van der Waals surface area contributed by atoms with E-state index in [1.54, 1.807) is 0 Å². The lowest BCUT2D eigenvalue weighted by atomic mass is 10.1. The molecule has 0 radical (unpaired) electrons. The van der Waals surface area contributed by atoms with Gasteiger partial charge >= 0.3 is 0 Å². The van der Waals surface area contributed by atoms with E-state index in [4.69, 9.17) is 10.5 Å². The van der Waals surface area contributed by atoms with Crippen molar-refractivity contribution in [3.8, 4) is 0 Å². The fraction of sp³-hybridized carbons (Fsp3) is 0.579. The molecule has 2 atom stereocenters. The molecule has 2 aliphatic heterocycles. The van der Waals surface area contributed by atoms with Gasteiger partial charge in [0.15, 0.2) is 0 Å². The Labute approximate surface area is 148 Å². The van der Waals surface area contributed by atoms with Gasteiger partial charge < -0.3 is 20.3 Å². The normalized spacial score (nSPS) is 24.2. The molecule has 0 aromatic heterocycles. The van der Waals surface area contributed by atoms with Crippen molar-refractivity contribution < 1.29 is 14.3 Å². The van der Waals surface area contributed by atoms with Crippen LogP contribution in [0.2, 0.25) is 0 Å². The Morgan fingerprint density at radius 1 is 1.16 bits per heavy atom. The van der Waals surface area contributed by atoms with Gasteiger partial charge in [-0.25, -0.2) is 0 Å². The molecule has 2 saturated heterocycles. The van der Waals surface area contributed by atoms with E-state index < -0.39 is 0 Å². The number of hydrogen-bond donors (Lipinski definition) is 1. The van der Waals surface area contributed by atoms with Gasteiger partial charge in [-0.15, -0.1) is 0 Å². The summed E-state index contributed by atoms with van der Waals surface area (Å²) in [6.45, 7) is 4.91. The predicted molar refractivity (Wildman–Crippen MR) is 95.2 cm³/mol. The topological polar surface area (TPSA) is 75.9 Å². The van der Waals surface area contributed by atoms with Crippen LogP contribution in [-0.2, 0) is 9.53 Å². The van der Waals surface area contributed by atoms with Crippen LogP contribution < -0.4 is 5.73 Å². The maximum absolute atomic E-state index is 12.7. The number of amides is 2. The number of benzene rings is 1. The maximum Gasteiger partial charge on any atom is 0.253 e. The van der Waals surface area contributed by atoms with Crippen LogP contribution in [-0.4, -0.2) is 66.5 Å². The number of carbonyl (C=O) groups is 2. The van der Waals surface area contributed by atoms with E-state index >= 15 is 0 Å². The Morgan fingerprint density at radius 2 is 1.92 bits per heavy atom. The van der Waals surface area contributed by atoms with Crippen LogP contribution in [0.3, 0.4) is 0 Å². The number of nitrogens with two attached hydrogens (primary N) is 1. The van der Waals surface area contributed by atoms with Crippen molar-refractivity contribution in [3.63, 3.8) is 0 Å². The van der Waals surface area contributed by atoms with Gasteiger partial charge in [0.05, 0.1) is 6.10 Å². The van der Waals surface area contributed by atoms with Crippen molar-refractivity contribution in [1.82, 2.24) is 9.80 Å². The summed E-state index contributed by atoms with van der Waals surface area (Å²) < 4.78 is 5.73. The van der Waals surface area contributed by atoms with Gasteiger partial charge in [-0.1, -0.05) is 17.7 Å². The lowest BCUT2D eigenvalue weighted by Crippen LogP contribution is -2.42. The van der Waals surface area contributed by atoms with E-state index in [9.17, 15) is 9.59 Å². The van der Waals surface area contributed by atoms with E-state index in [0.717, 1.165) is 24.8 Å². The monoisotopic (exact) mass is 345 g/mol. The van der Waals surface area contributed by atoms with Crippen molar-refractivity contribution in [1.29, 1.82) is 0 Å². The van der Waals surface area contributed by atoms with E-state index in [2.05, 4.69) is 0 Å². The first kappa shape index (κ1) is 17.9. The molecule has 2 fully saturated rings. The van der Waals surface area contributed by atoms with E-state index in [1.165, 1.54) is 0 Å². The second-order valence-corrected chi connectivity index (χ2v) is 6.90. The highest BCUT2D eigenvalue weighted by Gasteiger charge is 2.33. The van der Waals surface area contributed by atoms with Gasteiger partial charge in [-0.3, -0.25) is 9.59 Å². The van der Waals surface area contributed by atoms with Crippen molar-refractivity contribution in [2.75, 3.05) is 32.7 Å². The molecule has 6 heteroatoms. The summed E-state index contributed by atoms with van der Waals surface area (Å²) in [7, 11) is 0. The SMILES string of the molecule is Cc1cccc(C(=O)N2CCCN(C(=O)[C@@H]3CC[C@H](CN)O3)CC2)c1. The highest BCUT2D eigenvalue weighted by atomic mass is 16.5. The molecular formula is C19H27N3O3. The zero-order chi connectivity index (χ0) is 17.8. The Balaban J connectivity index is 1.59. The third kappa shape index (κ3) is 4.19. The molecule has 1 aromatic carbocycles. The molecule has 25 heavy (non-hydrogen) atoms. The summed E-state index contributed by atoms with van der Waals surface area (Å²) >= 11 is 0. The average molecular weight is 345 g/mol. The molecule has 0 spiro atoms. The molecule has 2 N–H and O–H groups in total. The molecule has 2 heterocycles. The second-order valence-electron chi connectivity index (χ2n) is 6.90. The zero-order valence-electron chi connectivity index (χ0n) is 14.8. The van der Waals surface area contributed by atoms with Crippen LogP contribution in [0.25, 0.3) is 0 Å². The van der Waals surface area contributed by atoms with Crippen LogP contribution in [0.15, 0.2) is 24.3 Å². The van der Waals surface area contributed by atoms with Gasteiger partial charge in [0.1, 0.15) is 6.10 Å². The number of nitrogens with zero attached hydrogens (tertiary/aromatic N) is 2. The lowest BCUT2D eigenvalue weighted by molar-refractivity contribution is -0.142. The first-order chi connectivity index (χ1) is 12.1. The zero-order valence-corrected chi connectivity index (χ0v) is 14.8. The van der Waals surface area contributed by atoms with Gasteiger partial charge in [-0.2, -0.15) is 0 Å². The Hall–Kier alpha value is -1.92. The fourth-order valence-electron chi connectivity index (χ4n) is 3.57. The van der Waals surface area contributed by atoms with Gasteiger partial charge in [0.2, 0.25) is 0 Å². The molecule has 136 valence electrons. The van der Waals surface area contributed by atoms with Crippen molar-refractivity contribution in [2.24, 2.45) is 5.73 Å². The average Bonchev–Trinajstić information content (AvgIpc) is 2.97. The van der Waals surface area contributed by atoms with E-state index in [1.807, 2.05) is 41.0 Å². The minimum atomic E-state index is -0.368. The molecule has 1 aromatic rings. The number of hydrogen-bond acceptors (Lipinski definition) is 4. The number of aryl methyl sites for hydroxylation is 1. The van der Waals surface area contributed by atoms with E-state index in [0.29, 0.717) is 38.3 Å². The molecule has 0 bridgehead atoms. The first-order valence-corrected chi connectivity index (χ1v) is 9.08.